The minimum absolute atomic E-state index is 0.218. The molecule has 0 heterocycles. The first kappa shape index (κ1) is 20.9. The fourth-order valence-corrected chi connectivity index (χ4v) is 2.38. The van der Waals surface area contributed by atoms with Crippen molar-refractivity contribution in [3.05, 3.63) is 0 Å². The Morgan fingerprint density at radius 2 is 1.43 bits per heavy atom. The van der Waals surface area contributed by atoms with Crippen LogP contribution in [0.2, 0.25) is 0 Å². The monoisotopic (exact) mass is 329 g/mol. The van der Waals surface area contributed by atoms with Gasteiger partial charge in [-0.25, -0.2) is 0 Å². The summed E-state index contributed by atoms with van der Waals surface area (Å²) in [5.74, 6) is 0. The molecule has 1 aliphatic carbocycles. The third kappa shape index (κ3) is 11.9. The zero-order chi connectivity index (χ0) is 17.3. The third-order valence-corrected chi connectivity index (χ3v) is 3.75. The summed E-state index contributed by atoms with van der Waals surface area (Å²) < 4.78 is 17.3. The van der Waals surface area contributed by atoms with Crippen molar-refractivity contribution in [2.45, 2.75) is 85.0 Å². The van der Waals surface area contributed by atoms with E-state index in [1.165, 1.54) is 6.42 Å². The van der Waals surface area contributed by atoms with Gasteiger partial charge in [0.1, 0.15) is 0 Å². The van der Waals surface area contributed by atoms with Crippen molar-refractivity contribution < 1.29 is 14.2 Å². The van der Waals surface area contributed by atoms with E-state index in [9.17, 15) is 0 Å². The van der Waals surface area contributed by atoms with Crippen LogP contribution in [-0.4, -0.2) is 50.7 Å². The van der Waals surface area contributed by atoms with Crippen molar-refractivity contribution in [3.63, 3.8) is 0 Å². The van der Waals surface area contributed by atoms with Crippen molar-refractivity contribution in [2.24, 2.45) is 5.41 Å². The van der Waals surface area contributed by atoms with Gasteiger partial charge in [0.05, 0.1) is 32.0 Å². The summed E-state index contributed by atoms with van der Waals surface area (Å²) in [5.41, 5.74) is 0.452. The molecule has 1 saturated carbocycles. The molecular formula is C19H39NO3. The SMILES string of the molecule is CC(C)(C)COCCO[C@H]1C[C@H](OCCCCNC(C)(C)C)C1. The molecule has 0 atom stereocenters. The second kappa shape index (κ2) is 9.97. The highest BCUT2D eigenvalue weighted by Crippen LogP contribution is 2.26. The van der Waals surface area contributed by atoms with Crippen LogP contribution < -0.4 is 5.32 Å². The molecule has 23 heavy (non-hydrogen) atoms. The van der Waals surface area contributed by atoms with E-state index >= 15 is 0 Å². The fourth-order valence-electron chi connectivity index (χ4n) is 2.38. The molecule has 138 valence electrons. The van der Waals surface area contributed by atoms with Crippen LogP contribution in [-0.2, 0) is 14.2 Å². The number of unbranched alkanes of at least 4 members (excludes halogenated alkanes) is 1. The Balaban J connectivity index is 1.84. The number of ether oxygens (including phenoxy) is 3. The number of nitrogens with one attached hydrogen (secondary N) is 1. The van der Waals surface area contributed by atoms with Gasteiger partial charge in [0, 0.05) is 12.1 Å². The predicted molar refractivity (Wildman–Crippen MR) is 96.0 cm³/mol. The average molecular weight is 330 g/mol. The number of hydrogen-bond acceptors (Lipinski definition) is 4. The topological polar surface area (TPSA) is 39.7 Å². The van der Waals surface area contributed by atoms with E-state index in [1.807, 2.05) is 0 Å². The van der Waals surface area contributed by atoms with Gasteiger partial charge in [-0.3, -0.25) is 0 Å². The van der Waals surface area contributed by atoms with Crippen LogP contribution in [0.25, 0.3) is 0 Å². The summed E-state index contributed by atoms with van der Waals surface area (Å²) in [6.07, 6.45) is 5.17. The van der Waals surface area contributed by atoms with Gasteiger partial charge < -0.3 is 19.5 Å². The molecule has 0 amide bonds. The van der Waals surface area contributed by atoms with E-state index in [2.05, 4.69) is 46.9 Å². The molecule has 0 bridgehead atoms. The Kier molecular flexibility index (Phi) is 9.06. The van der Waals surface area contributed by atoms with Crippen LogP contribution in [0.1, 0.15) is 67.2 Å². The maximum absolute atomic E-state index is 5.87. The van der Waals surface area contributed by atoms with Crippen molar-refractivity contribution in [3.8, 4) is 0 Å². The highest BCUT2D eigenvalue weighted by molar-refractivity contribution is 4.81. The minimum atomic E-state index is 0.218. The molecule has 0 saturated heterocycles. The normalized spacial score (nSPS) is 22.2. The van der Waals surface area contributed by atoms with Gasteiger partial charge in [0.15, 0.2) is 0 Å². The van der Waals surface area contributed by atoms with Gasteiger partial charge in [0.2, 0.25) is 0 Å². The van der Waals surface area contributed by atoms with Gasteiger partial charge >= 0.3 is 0 Å². The van der Waals surface area contributed by atoms with Crippen LogP contribution in [0, 0.1) is 5.41 Å². The summed E-state index contributed by atoms with van der Waals surface area (Å²) in [4.78, 5) is 0. The van der Waals surface area contributed by atoms with Crippen molar-refractivity contribution in [1.29, 1.82) is 0 Å². The standard InChI is InChI=1S/C19H39NO3/c1-18(2,3)15-21-11-12-23-17-13-16(14-17)22-10-8-7-9-20-19(4,5)6/h16-17,20H,7-15H2,1-6H3/t16-,17-. The molecule has 0 aromatic carbocycles. The molecule has 0 spiro atoms. The molecular weight excluding hydrogens is 290 g/mol. The van der Waals surface area contributed by atoms with Crippen LogP contribution in [0.5, 0.6) is 0 Å². The summed E-state index contributed by atoms with van der Waals surface area (Å²) >= 11 is 0. The van der Waals surface area contributed by atoms with Crippen molar-refractivity contribution in [2.75, 3.05) is 33.0 Å². The zero-order valence-corrected chi connectivity index (χ0v) is 16.2. The molecule has 1 fully saturated rings. The molecule has 4 nitrogen and oxygen atoms in total. The first-order valence-electron chi connectivity index (χ1n) is 9.22. The van der Waals surface area contributed by atoms with Gasteiger partial charge in [0.25, 0.3) is 0 Å². The lowest BCUT2D eigenvalue weighted by atomic mass is 9.92. The molecule has 4 heteroatoms. The molecule has 0 aromatic heterocycles. The van der Waals surface area contributed by atoms with Crippen LogP contribution in [0.3, 0.4) is 0 Å². The second-order valence-electron chi connectivity index (χ2n) is 8.95. The molecule has 0 aliphatic heterocycles. The lowest BCUT2D eigenvalue weighted by Gasteiger charge is -2.35. The largest absolute Gasteiger partial charge is 0.379 e. The molecule has 0 unspecified atom stereocenters. The van der Waals surface area contributed by atoms with Crippen molar-refractivity contribution >= 4 is 0 Å². The van der Waals surface area contributed by atoms with Crippen LogP contribution in [0.15, 0.2) is 0 Å². The van der Waals surface area contributed by atoms with E-state index in [4.69, 9.17) is 14.2 Å². The van der Waals surface area contributed by atoms with E-state index in [0.29, 0.717) is 25.4 Å². The summed E-state index contributed by atoms with van der Waals surface area (Å²) in [7, 11) is 0. The van der Waals surface area contributed by atoms with E-state index in [1.54, 1.807) is 0 Å². The highest BCUT2D eigenvalue weighted by atomic mass is 16.5. The average Bonchev–Trinajstić information content (AvgIpc) is 2.35. The second-order valence-corrected chi connectivity index (χ2v) is 8.95. The minimum Gasteiger partial charge on any atom is -0.379 e. The Labute approximate surface area is 143 Å². The Bertz CT molecular complexity index is 301. The first-order chi connectivity index (χ1) is 10.7. The molecule has 1 aliphatic rings. The predicted octanol–water partition coefficient (Wildman–Crippen LogP) is 3.78. The van der Waals surface area contributed by atoms with Gasteiger partial charge in [-0.1, -0.05) is 20.8 Å². The first-order valence-corrected chi connectivity index (χ1v) is 9.22. The Morgan fingerprint density at radius 3 is 2.00 bits per heavy atom. The molecule has 0 radical (unpaired) electrons. The summed E-state index contributed by atoms with van der Waals surface area (Å²) in [5, 5.41) is 3.50. The molecule has 1 rings (SSSR count). The van der Waals surface area contributed by atoms with Crippen LogP contribution in [0.4, 0.5) is 0 Å². The smallest absolute Gasteiger partial charge is 0.0704 e. The number of rotatable bonds is 11. The van der Waals surface area contributed by atoms with E-state index in [0.717, 1.165) is 39.0 Å². The molecule has 0 aromatic rings. The van der Waals surface area contributed by atoms with Gasteiger partial charge in [-0.05, 0) is 58.4 Å². The fraction of sp³-hybridized carbons (Fsp3) is 1.00. The zero-order valence-electron chi connectivity index (χ0n) is 16.2. The maximum atomic E-state index is 5.87. The van der Waals surface area contributed by atoms with Crippen LogP contribution >= 0.6 is 0 Å². The Hall–Kier alpha value is -0.160. The van der Waals surface area contributed by atoms with Crippen molar-refractivity contribution in [1.82, 2.24) is 5.32 Å². The summed E-state index contributed by atoms with van der Waals surface area (Å²) in [6, 6.07) is 0. The number of hydrogen-bond donors (Lipinski definition) is 1. The lowest BCUT2D eigenvalue weighted by molar-refractivity contribution is -0.111. The lowest BCUT2D eigenvalue weighted by Crippen LogP contribution is -2.38. The molecule has 1 N–H and O–H groups in total. The van der Waals surface area contributed by atoms with E-state index in [-0.39, 0.29) is 11.0 Å². The summed E-state index contributed by atoms with van der Waals surface area (Å²) in [6.45, 7) is 17.3. The third-order valence-electron chi connectivity index (χ3n) is 3.75. The van der Waals surface area contributed by atoms with Gasteiger partial charge in [-0.2, -0.15) is 0 Å². The highest BCUT2D eigenvalue weighted by Gasteiger charge is 2.30. The maximum Gasteiger partial charge on any atom is 0.0704 e. The Morgan fingerprint density at radius 1 is 0.826 bits per heavy atom. The van der Waals surface area contributed by atoms with Gasteiger partial charge in [-0.15, -0.1) is 0 Å². The quantitative estimate of drug-likeness (QED) is 0.586. The van der Waals surface area contributed by atoms with E-state index < -0.39 is 0 Å².